The van der Waals surface area contributed by atoms with Crippen molar-refractivity contribution < 1.29 is 31.0 Å². The molecule has 2 aromatic heterocycles. The number of sulfonamides is 2. The summed E-state index contributed by atoms with van der Waals surface area (Å²) in [4.78, 5) is 14.0. The fourth-order valence-corrected chi connectivity index (χ4v) is 13.9. The molecule has 0 saturated carbocycles. The summed E-state index contributed by atoms with van der Waals surface area (Å²) in [5, 5.41) is 6.81. The predicted molar refractivity (Wildman–Crippen MR) is 264 cm³/mol. The smallest absolute Gasteiger partial charge is 0.244 e. The number of nitrogens with zero attached hydrogens (tertiary/aromatic N) is 6. The van der Waals surface area contributed by atoms with Crippen LogP contribution in [0.5, 0.6) is 17.2 Å². The van der Waals surface area contributed by atoms with E-state index in [1.165, 1.54) is 72.5 Å². The Labute approximate surface area is 408 Å². The lowest BCUT2D eigenvalue weighted by Gasteiger charge is -2.34. The van der Waals surface area contributed by atoms with Gasteiger partial charge in [-0.05, 0) is 80.4 Å². The minimum Gasteiger partial charge on any atom is -0.493 e. The molecule has 0 aliphatic carbocycles. The molecule has 0 spiro atoms. The molecule has 0 atom stereocenters. The summed E-state index contributed by atoms with van der Waals surface area (Å²) >= 11 is 27.2. The molecule has 0 radical (unpaired) electrons. The second kappa shape index (κ2) is 20.6. The monoisotopic (exact) mass is 1040 g/mol. The van der Waals surface area contributed by atoms with Crippen LogP contribution in [0.25, 0.3) is 22.5 Å². The van der Waals surface area contributed by atoms with Crippen molar-refractivity contribution in [1.82, 2.24) is 18.6 Å². The summed E-state index contributed by atoms with van der Waals surface area (Å²) in [6.07, 6.45) is 0. The largest absolute Gasteiger partial charge is 0.493 e. The normalized spacial score (nSPS) is 15.1. The maximum absolute atomic E-state index is 13.1. The molecule has 0 unspecified atom stereocenters. The average molecular weight is 1040 g/mol. The van der Waals surface area contributed by atoms with Gasteiger partial charge in [0.25, 0.3) is 0 Å². The number of hydrogen-bond acceptors (Lipinski definition) is 13. The molecular formula is C44H46Cl4N6O7S4. The van der Waals surface area contributed by atoms with Gasteiger partial charge in [0, 0.05) is 84.3 Å². The molecule has 346 valence electrons. The van der Waals surface area contributed by atoms with Crippen molar-refractivity contribution in [3.63, 3.8) is 0 Å². The Hall–Kier alpha value is -3.88. The van der Waals surface area contributed by atoms with Crippen LogP contribution in [-0.2, 0) is 20.0 Å². The number of halogens is 4. The van der Waals surface area contributed by atoms with Gasteiger partial charge in [0.15, 0.2) is 21.8 Å². The van der Waals surface area contributed by atoms with Crippen LogP contribution in [0, 0.1) is 20.8 Å². The Kier molecular flexibility index (Phi) is 15.5. The van der Waals surface area contributed by atoms with Gasteiger partial charge in [-0.2, -0.15) is 8.61 Å². The second-order valence-corrected chi connectivity index (χ2v) is 22.3. The minimum atomic E-state index is -3.72. The van der Waals surface area contributed by atoms with Gasteiger partial charge >= 0.3 is 0 Å². The molecule has 8 rings (SSSR count). The zero-order chi connectivity index (χ0) is 46.8. The summed E-state index contributed by atoms with van der Waals surface area (Å²) in [6, 6.07) is 16.9. The molecule has 4 heterocycles. The maximum Gasteiger partial charge on any atom is 0.244 e. The summed E-state index contributed by atoms with van der Waals surface area (Å²) in [7, 11) is -2.69. The van der Waals surface area contributed by atoms with Crippen LogP contribution in [0.1, 0.15) is 16.7 Å². The lowest BCUT2D eigenvalue weighted by molar-refractivity contribution is 0.324. The molecular weight excluding hydrogens is 995 g/mol. The van der Waals surface area contributed by atoms with E-state index >= 15 is 0 Å². The summed E-state index contributed by atoms with van der Waals surface area (Å²) in [5.41, 5.74) is 7.41. The number of aromatic nitrogens is 2. The topological polar surface area (TPSA) is 135 Å². The highest BCUT2D eigenvalue weighted by Crippen LogP contribution is 2.42. The molecule has 21 heteroatoms. The van der Waals surface area contributed by atoms with Crippen molar-refractivity contribution in [3.8, 4) is 39.8 Å². The molecule has 6 aromatic rings. The molecule has 4 aromatic carbocycles. The fraction of sp³-hybridized carbons (Fsp3) is 0.318. The maximum atomic E-state index is 13.1. The van der Waals surface area contributed by atoms with Gasteiger partial charge in [0.05, 0.1) is 42.8 Å². The third-order valence-corrected chi connectivity index (χ3v) is 18.0. The van der Waals surface area contributed by atoms with Crippen molar-refractivity contribution in [2.45, 2.75) is 30.6 Å². The van der Waals surface area contributed by atoms with Crippen molar-refractivity contribution in [2.24, 2.45) is 0 Å². The highest BCUT2D eigenvalue weighted by molar-refractivity contribution is 7.89. The number of hydrogen-bond donors (Lipinski definition) is 0. The minimum absolute atomic E-state index is 0.0611. The number of anilines is 2. The van der Waals surface area contributed by atoms with Crippen molar-refractivity contribution in [2.75, 3.05) is 83.5 Å². The Balaban J connectivity index is 0.000000195. The number of rotatable bonds is 11. The van der Waals surface area contributed by atoms with Crippen LogP contribution in [-0.4, -0.2) is 109 Å². The first-order valence-corrected chi connectivity index (χ1v) is 26.3. The first-order chi connectivity index (χ1) is 30.9. The molecule has 2 aliphatic rings. The lowest BCUT2D eigenvalue weighted by Crippen LogP contribution is -2.48. The molecule has 0 bridgehead atoms. The summed E-state index contributed by atoms with van der Waals surface area (Å²) in [6.45, 7) is 9.87. The number of ether oxygens (including phenoxy) is 3. The van der Waals surface area contributed by atoms with Gasteiger partial charge < -0.3 is 24.0 Å². The Morgan fingerprint density at radius 3 is 1.37 bits per heavy atom. The number of thiazole rings is 2. The van der Waals surface area contributed by atoms with Gasteiger partial charge in [-0.15, -0.1) is 22.7 Å². The van der Waals surface area contributed by atoms with E-state index in [-0.39, 0.29) is 19.8 Å². The second-order valence-electron chi connectivity index (χ2n) is 15.2. The van der Waals surface area contributed by atoms with E-state index in [1.54, 1.807) is 38.7 Å². The van der Waals surface area contributed by atoms with Gasteiger partial charge in [0.1, 0.15) is 9.79 Å². The van der Waals surface area contributed by atoms with E-state index in [0.29, 0.717) is 79.7 Å². The SMILES string of the molecule is COc1cc(-c2csc(N3CCN(S(=O)(=O)c4ccc(Cl)cc4Cl)CC3)n2)cc(OC)c1OC.Cc1cc(C)c(-c2csc(N3CCN(S(=O)(=O)c4ccc(Cl)cc4Cl)CC3)n2)c(C)c1. The van der Waals surface area contributed by atoms with Crippen LogP contribution in [0.3, 0.4) is 0 Å². The van der Waals surface area contributed by atoms with E-state index in [1.807, 2.05) is 17.5 Å². The Morgan fingerprint density at radius 2 is 0.969 bits per heavy atom. The number of benzene rings is 4. The number of methoxy groups -OCH3 is 3. The molecule has 13 nitrogen and oxygen atoms in total. The van der Waals surface area contributed by atoms with E-state index in [9.17, 15) is 16.8 Å². The number of piperazine rings is 2. The zero-order valence-electron chi connectivity index (χ0n) is 36.3. The van der Waals surface area contributed by atoms with E-state index in [4.69, 9.17) is 70.6 Å². The third-order valence-electron chi connectivity index (χ3n) is 10.9. The first kappa shape index (κ1) is 49.0. The van der Waals surface area contributed by atoms with Gasteiger partial charge in [-0.1, -0.05) is 64.1 Å². The third kappa shape index (κ3) is 10.6. The summed E-state index contributed by atoms with van der Waals surface area (Å²) < 4.78 is 71.3. The molecule has 65 heavy (non-hydrogen) atoms. The molecule has 2 fully saturated rings. The molecule has 0 amide bonds. The highest BCUT2D eigenvalue weighted by atomic mass is 35.5. The van der Waals surface area contributed by atoms with Gasteiger partial charge in [0.2, 0.25) is 25.8 Å². The quantitative estimate of drug-likeness (QED) is 0.123. The van der Waals surface area contributed by atoms with Crippen molar-refractivity contribution in [3.05, 3.63) is 108 Å². The average Bonchev–Trinajstić information content (AvgIpc) is 3.97. The van der Waals surface area contributed by atoms with Crippen LogP contribution in [0.15, 0.2) is 81.2 Å². The molecule has 2 saturated heterocycles. The predicted octanol–water partition coefficient (Wildman–Crippen LogP) is 10.2. The van der Waals surface area contributed by atoms with Gasteiger partial charge in [-0.3, -0.25) is 0 Å². The zero-order valence-corrected chi connectivity index (χ0v) is 42.6. The molecule has 0 N–H and O–H groups in total. The first-order valence-electron chi connectivity index (χ1n) is 20.1. The highest BCUT2D eigenvalue weighted by Gasteiger charge is 2.33. The van der Waals surface area contributed by atoms with E-state index in [2.05, 4.69) is 48.1 Å². The van der Waals surface area contributed by atoms with Crippen molar-refractivity contribution >= 4 is 99.4 Å². The van der Waals surface area contributed by atoms with E-state index < -0.39 is 20.0 Å². The fourth-order valence-electron chi connectivity index (χ4n) is 7.77. The van der Waals surface area contributed by atoms with Gasteiger partial charge in [-0.25, -0.2) is 26.8 Å². The Bertz CT molecular complexity index is 2870. The lowest BCUT2D eigenvalue weighted by atomic mass is 9.98. The number of aryl methyl sites for hydroxylation is 3. The Morgan fingerprint density at radius 1 is 0.554 bits per heavy atom. The van der Waals surface area contributed by atoms with E-state index in [0.717, 1.165) is 27.2 Å². The van der Waals surface area contributed by atoms with Crippen LogP contribution >= 0.6 is 69.1 Å². The van der Waals surface area contributed by atoms with Crippen molar-refractivity contribution in [1.29, 1.82) is 0 Å². The van der Waals surface area contributed by atoms with Crippen LogP contribution in [0.4, 0.5) is 10.3 Å². The molecule has 2 aliphatic heterocycles. The standard InChI is InChI=1S/C22H23Cl2N3O5S2.C22H23Cl2N3O2S2/c1-30-18-10-14(11-19(31-2)21(18)32-3)17-13-33-22(25-17)26-6-8-27(9-7-26)34(28,29)20-5-4-15(23)12-16(20)24;1-14-10-15(2)21(16(3)11-14)19-13-30-22(25-19)26-6-8-27(9-7-26)31(28,29)20-5-4-17(23)12-18(20)24/h4-5,10-13H,6-9H2,1-3H3;4-5,10-13H,6-9H2,1-3H3. The summed E-state index contributed by atoms with van der Waals surface area (Å²) in [5.74, 6) is 1.61. The van der Waals surface area contributed by atoms with Crippen LogP contribution < -0.4 is 24.0 Å². The van der Waals surface area contributed by atoms with Crippen LogP contribution in [0.2, 0.25) is 20.1 Å².